The molecule has 19 heavy (non-hydrogen) atoms. The Kier molecular flexibility index (Phi) is 5.62. The highest BCUT2D eigenvalue weighted by molar-refractivity contribution is 7.90. The standard InChI is InChI=1S/C13H21NO4S/c1-10(9-19(4,15)16)14-8-11-5-6-12(17-2)7-13(11)18-3/h5-7,10,14H,8-9H2,1-4H3. The minimum Gasteiger partial charge on any atom is -0.497 e. The van der Waals surface area contributed by atoms with Crippen molar-refractivity contribution in [2.24, 2.45) is 0 Å². The number of nitrogens with one attached hydrogen (secondary N) is 1. The summed E-state index contributed by atoms with van der Waals surface area (Å²) in [6.45, 7) is 2.39. The summed E-state index contributed by atoms with van der Waals surface area (Å²) in [6.07, 6.45) is 1.24. The van der Waals surface area contributed by atoms with Crippen LogP contribution in [-0.2, 0) is 16.4 Å². The van der Waals surface area contributed by atoms with Gasteiger partial charge < -0.3 is 14.8 Å². The van der Waals surface area contributed by atoms with Gasteiger partial charge in [0.1, 0.15) is 21.3 Å². The summed E-state index contributed by atoms with van der Waals surface area (Å²) in [6, 6.07) is 5.44. The zero-order chi connectivity index (χ0) is 14.5. The van der Waals surface area contributed by atoms with E-state index in [1.54, 1.807) is 20.3 Å². The van der Waals surface area contributed by atoms with Crippen LogP contribution in [0.4, 0.5) is 0 Å². The Bertz CT molecular complexity index is 513. The van der Waals surface area contributed by atoms with Gasteiger partial charge in [0.25, 0.3) is 0 Å². The van der Waals surface area contributed by atoms with E-state index in [1.807, 2.05) is 19.1 Å². The molecule has 5 nitrogen and oxygen atoms in total. The lowest BCUT2D eigenvalue weighted by Crippen LogP contribution is -2.32. The predicted molar refractivity (Wildman–Crippen MR) is 75.6 cm³/mol. The molecule has 0 amide bonds. The van der Waals surface area contributed by atoms with E-state index >= 15 is 0 Å². The molecule has 0 radical (unpaired) electrons. The third-order valence-electron chi connectivity index (χ3n) is 2.69. The van der Waals surface area contributed by atoms with Gasteiger partial charge in [0.15, 0.2) is 0 Å². The van der Waals surface area contributed by atoms with E-state index in [0.29, 0.717) is 6.54 Å². The van der Waals surface area contributed by atoms with Crippen LogP contribution in [0.2, 0.25) is 0 Å². The molecular formula is C13H21NO4S. The van der Waals surface area contributed by atoms with Crippen LogP contribution in [0.3, 0.4) is 0 Å². The summed E-state index contributed by atoms with van der Waals surface area (Å²) in [5.41, 5.74) is 0.962. The first kappa shape index (κ1) is 15.8. The lowest BCUT2D eigenvalue weighted by Gasteiger charge is -2.15. The topological polar surface area (TPSA) is 64.6 Å². The van der Waals surface area contributed by atoms with Crippen LogP contribution in [-0.4, -0.2) is 40.7 Å². The number of benzene rings is 1. The molecule has 0 saturated heterocycles. The second-order valence-electron chi connectivity index (χ2n) is 4.55. The van der Waals surface area contributed by atoms with Crippen molar-refractivity contribution in [3.8, 4) is 11.5 Å². The number of ether oxygens (including phenoxy) is 2. The maximum atomic E-state index is 11.2. The molecule has 108 valence electrons. The molecule has 1 atom stereocenters. The van der Waals surface area contributed by atoms with Crippen molar-refractivity contribution in [2.45, 2.75) is 19.5 Å². The minimum absolute atomic E-state index is 0.109. The summed E-state index contributed by atoms with van der Waals surface area (Å²) in [4.78, 5) is 0. The summed E-state index contributed by atoms with van der Waals surface area (Å²) in [5.74, 6) is 1.56. The SMILES string of the molecule is COc1ccc(CNC(C)CS(C)(=O)=O)c(OC)c1. The van der Waals surface area contributed by atoms with Crippen LogP contribution >= 0.6 is 0 Å². The van der Waals surface area contributed by atoms with Gasteiger partial charge in [0.05, 0.1) is 20.0 Å². The Morgan fingerprint density at radius 3 is 2.47 bits per heavy atom. The van der Waals surface area contributed by atoms with Crippen molar-refractivity contribution in [3.05, 3.63) is 23.8 Å². The van der Waals surface area contributed by atoms with E-state index in [2.05, 4.69) is 5.32 Å². The Hall–Kier alpha value is -1.27. The number of methoxy groups -OCH3 is 2. The highest BCUT2D eigenvalue weighted by Crippen LogP contribution is 2.24. The molecule has 0 aliphatic rings. The van der Waals surface area contributed by atoms with Crippen LogP contribution in [0.15, 0.2) is 18.2 Å². The van der Waals surface area contributed by atoms with E-state index in [0.717, 1.165) is 17.1 Å². The lowest BCUT2D eigenvalue weighted by molar-refractivity contribution is 0.389. The second kappa shape index (κ2) is 6.77. The van der Waals surface area contributed by atoms with Crippen molar-refractivity contribution < 1.29 is 17.9 Å². The van der Waals surface area contributed by atoms with Gasteiger partial charge in [0, 0.05) is 30.5 Å². The van der Waals surface area contributed by atoms with Gasteiger partial charge in [0.2, 0.25) is 0 Å². The van der Waals surface area contributed by atoms with Gasteiger partial charge in [-0.15, -0.1) is 0 Å². The van der Waals surface area contributed by atoms with Crippen LogP contribution in [0, 0.1) is 0 Å². The molecule has 0 heterocycles. The van der Waals surface area contributed by atoms with Crippen molar-refractivity contribution >= 4 is 9.84 Å². The van der Waals surface area contributed by atoms with Crippen molar-refractivity contribution in [2.75, 3.05) is 26.2 Å². The molecule has 0 aliphatic carbocycles. The summed E-state index contributed by atoms with van der Waals surface area (Å²) in [7, 11) is 0.226. The van der Waals surface area contributed by atoms with E-state index in [9.17, 15) is 8.42 Å². The van der Waals surface area contributed by atoms with Crippen molar-refractivity contribution in [1.29, 1.82) is 0 Å². The Morgan fingerprint density at radius 1 is 1.26 bits per heavy atom. The predicted octanol–water partition coefficient (Wildman–Crippen LogP) is 1.23. The summed E-state index contributed by atoms with van der Waals surface area (Å²) in [5, 5.41) is 3.17. The Morgan fingerprint density at radius 2 is 1.95 bits per heavy atom. The number of hydrogen-bond donors (Lipinski definition) is 1. The molecule has 0 spiro atoms. The quantitative estimate of drug-likeness (QED) is 0.817. The smallest absolute Gasteiger partial charge is 0.148 e. The van der Waals surface area contributed by atoms with Gasteiger partial charge in [-0.2, -0.15) is 0 Å². The molecule has 1 rings (SSSR count). The number of hydrogen-bond acceptors (Lipinski definition) is 5. The lowest BCUT2D eigenvalue weighted by atomic mass is 10.2. The highest BCUT2D eigenvalue weighted by atomic mass is 32.2. The molecule has 1 N–H and O–H groups in total. The normalized spacial score (nSPS) is 13.1. The molecule has 1 aromatic carbocycles. The first-order valence-corrected chi connectivity index (χ1v) is 8.03. The van der Waals surface area contributed by atoms with E-state index < -0.39 is 9.84 Å². The van der Waals surface area contributed by atoms with Crippen molar-refractivity contribution in [3.63, 3.8) is 0 Å². The zero-order valence-corrected chi connectivity index (χ0v) is 12.6. The number of sulfone groups is 1. The fourth-order valence-electron chi connectivity index (χ4n) is 1.80. The molecule has 1 aromatic rings. The third-order valence-corrected chi connectivity index (χ3v) is 3.79. The first-order chi connectivity index (χ1) is 8.85. The van der Waals surface area contributed by atoms with Crippen molar-refractivity contribution in [1.82, 2.24) is 5.32 Å². The minimum atomic E-state index is -2.97. The highest BCUT2D eigenvalue weighted by Gasteiger charge is 2.11. The van der Waals surface area contributed by atoms with Gasteiger partial charge in [-0.3, -0.25) is 0 Å². The third kappa shape index (κ3) is 5.48. The molecule has 0 saturated carbocycles. The van der Waals surface area contributed by atoms with Gasteiger partial charge in [-0.05, 0) is 13.0 Å². The molecular weight excluding hydrogens is 266 g/mol. The fourth-order valence-corrected chi connectivity index (χ4v) is 2.82. The van der Waals surface area contributed by atoms with E-state index in [4.69, 9.17) is 9.47 Å². The molecule has 0 bridgehead atoms. The van der Waals surface area contributed by atoms with E-state index in [1.165, 1.54) is 6.26 Å². The van der Waals surface area contributed by atoms with Crippen LogP contribution in [0.25, 0.3) is 0 Å². The summed E-state index contributed by atoms with van der Waals surface area (Å²) >= 11 is 0. The molecule has 0 aromatic heterocycles. The fraction of sp³-hybridized carbons (Fsp3) is 0.538. The van der Waals surface area contributed by atoms with E-state index in [-0.39, 0.29) is 11.8 Å². The number of rotatable bonds is 7. The molecule has 0 aliphatic heterocycles. The van der Waals surface area contributed by atoms with Crippen LogP contribution in [0.1, 0.15) is 12.5 Å². The van der Waals surface area contributed by atoms with Crippen LogP contribution < -0.4 is 14.8 Å². The maximum Gasteiger partial charge on any atom is 0.148 e. The molecule has 6 heteroatoms. The Balaban J connectivity index is 2.67. The van der Waals surface area contributed by atoms with Gasteiger partial charge in [-0.25, -0.2) is 8.42 Å². The maximum absolute atomic E-state index is 11.2. The van der Waals surface area contributed by atoms with Crippen LogP contribution in [0.5, 0.6) is 11.5 Å². The Labute approximate surface area is 114 Å². The zero-order valence-electron chi connectivity index (χ0n) is 11.8. The van der Waals surface area contributed by atoms with Gasteiger partial charge >= 0.3 is 0 Å². The largest absolute Gasteiger partial charge is 0.497 e. The summed E-state index contributed by atoms with van der Waals surface area (Å²) < 4.78 is 32.8. The average Bonchev–Trinajstić information content (AvgIpc) is 2.34. The first-order valence-electron chi connectivity index (χ1n) is 5.97. The second-order valence-corrected chi connectivity index (χ2v) is 6.74. The average molecular weight is 287 g/mol. The monoisotopic (exact) mass is 287 g/mol. The molecule has 0 fully saturated rings. The molecule has 1 unspecified atom stereocenters. The van der Waals surface area contributed by atoms with Gasteiger partial charge in [-0.1, -0.05) is 6.07 Å².